The molecule has 1 aromatic heterocycles. The van der Waals surface area contributed by atoms with E-state index in [4.69, 9.17) is 14.3 Å². The van der Waals surface area contributed by atoms with Gasteiger partial charge in [0.2, 0.25) is 0 Å². The molecule has 2 heterocycles. The Morgan fingerprint density at radius 3 is 2.81 bits per heavy atom. The maximum atomic E-state index is 13.1. The Kier molecular flexibility index (Phi) is 5.61. The molecule has 0 aliphatic carbocycles. The zero-order valence-electron chi connectivity index (χ0n) is 14.8. The summed E-state index contributed by atoms with van der Waals surface area (Å²) in [6, 6.07) is 10.5. The Labute approximate surface area is 152 Å². The molecule has 0 radical (unpaired) electrons. The van der Waals surface area contributed by atoms with E-state index in [0.717, 1.165) is 37.2 Å². The Hall–Kier alpha value is -2.76. The van der Waals surface area contributed by atoms with Gasteiger partial charge in [-0.25, -0.2) is 4.79 Å². The third-order valence-corrected chi connectivity index (χ3v) is 4.55. The largest absolute Gasteiger partial charge is 0.482 e. The summed E-state index contributed by atoms with van der Waals surface area (Å²) in [5, 5.41) is 8.74. The Morgan fingerprint density at radius 2 is 2.08 bits per heavy atom. The van der Waals surface area contributed by atoms with Crippen molar-refractivity contribution < 1.29 is 23.8 Å². The highest BCUT2D eigenvalue weighted by molar-refractivity contribution is 5.95. The average Bonchev–Trinajstić information content (AvgIpc) is 2.92. The van der Waals surface area contributed by atoms with Gasteiger partial charge in [0.15, 0.2) is 6.61 Å². The van der Waals surface area contributed by atoms with Gasteiger partial charge >= 0.3 is 5.97 Å². The molecule has 3 rings (SSSR count). The fraction of sp³-hybridized carbons (Fsp3) is 0.400. The van der Waals surface area contributed by atoms with Gasteiger partial charge in [0.05, 0.1) is 6.04 Å². The van der Waals surface area contributed by atoms with Crippen LogP contribution >= 0.6 is 0 Å². The van der Waals surface area contributed by atoms with E-state index in [1.165, 1.54) is 0 Å². The molecular weight excluding hydrogens is 334 g/mol. The van der Waals surface area contributed by atoms with Gasteiger partial charge in [-0.1, -0.05) is 18.9 Å². The second-order valence-corrected chi connectivity index (χ2v) is 6.52. The Balaban J connectivity index is 1.83. The minimum Gasteiger partial charge on any atom is -0.482 e. The molecule has 1 atom stereocenters. The summed E-state index contributed by atoms with van der Waals surface area (Å²) in [6.07, 6.45) is 3.96. The van der Waals surface area contributed by atoms with Crippen molar-refractivity contribution in [2.45, 2.75) is 38.6 Å². The van der Waals surface area contributed by atoms with Crippen LogP contribution in [0.25, 0.3) is 0 Å². The number of furan rings is 1. The number of ether oxygens (including phenoxy) is 1. The third kappa shape index (κ3) is 4.25. The van der Waals surface area contributed by atoms with Gasteiger partial charge < -0.3 is 19.2 Å². The molecule has 1 aromatic carbocycles. The molecule has 138 valence electrons. The average molecular weight is 357 g/mol. The molecule has 1 aliphatic heterocycles. The molecule has 1 saturated heterocycles. The lowest BCUT2D eigenvalue weighted by Gasteiger charge is -2.29. The number of hydrogen-bond donors (Lipinski definition) is 1. The minimum absolute atomic E-state index is 0.0812. The summed E-state index contributed by atoms with van der Waals surface area (Å²) in [7, 11) is 0. The predicted molar refractivity (Wildman–Crippen MR) is 95.3 cm³/mol. The number of nitrogens with zero attached hydrogens (tertiary/aromatic N) is 1. The smallest absolute Gasteiger partial charge is 0.341 e. The van der Waals surface area contributed by atoms with Crippen LogP contribution in [0.3, 0.4) is 0 Å². The van der Waals surface area contributed by atoms with E-state index >= 15 is 0 Å². The number of amides is 1. The predicted octanol–water partition coefficient (Wildman–Crippen LogP) is 3.81. The van der Waals surface area contributed by atoms with Crippen LogP contribution in [0.5, 0.6) is 5.75 Å². The minimum atomic E-state index is -1.05. The van der Waals surface area contributed by atoms with Gasteiger partial charge in [-0.05, 0) is 50.1 Å². The van der Waals surface area contributed by atoms with Gasteiger partial charge in [0, 0.05) is 12.1 Å². The number of aryl methyl sites for hydroxylation is 1. The summed E-state index contributed by atoms with van der Waals surface area (Å²) < 4.78 is 11.0. The zero-order valence-corrected chi connectivity index (χ0v) is 14.8. The van der Waals surface area contributed by atoms with Crippen LogP contribution in [0.1, 0.15) is 53.6 Å². The summed E-state index contributed by atoms with van der Waals surface area (Å²) in [4.78, 5) is 25.7. The fourth-order valence-electron chi connectivity index (χ4n) is 3.31. The first-order valence-electron chi connectivity index (χ1n) is 8.86. The SMILES string of the molecule is Cc1ccc(C2CCCCCN2C(=O)c2cccc(OCC(=O)O)c2)o1. The normalized spacial score (nSPS) is 17.6. The van der Waals surface area contributed by atoms with Crippen LogP contribution in [0, 0.1) is 6.92 Å². The van der Waals surface area contributed by atoms with E-state index in [0.29, 0.717) is 17.9 Å². The van der Waals surface area contributed by atoms with Crippen molar-refractivity contribution in [3.63, 3.8) is 0 Å². The lowest BCUT2D eigenvalue weighted by atomic mass is 10.1. The van der Waals surface area contributed by atoms with Crippen molar-refractivity contribution in [2.24, 2.45) is 0 Å². The van der Waals surface area contributed by atoms with Gasteiger partial charge in [-0.3, -0.25) is 4.79 Å². The van der Waals surface area contributed by atoms with Crippen molar-refractivity contribution in [1.29, 1.82) is 0 Å². The molecule has 6 heteroatoms. The lowest BCUT2D eigenvalue weighted by molar-refractivity contribution is -0.139. The number of aliphatic carboxylic acids is 1. The summed E-state index contributed by atoms with van der Waals surface area (Å²) >= 11 is 0. The molecule has 1 amide bonds. The van der Waals surface area contributed by atoms with Gasteiger partial charge in [-0.2, -0.15) is 0 Å². The van der Waals surface area contributed by atoms with Crippen molar-refractivity contribution in [2.75, 3.05) is 13.2 Å². The standard InChI is InChI=1S/C20H23NO5/c1-14-9-10-18(26-14)17-8-3-2-4-11-21(17)20(24)15-6-5-7-16(12-15)25-13-19(22)23/h5-7,9-10,12,17H,2-4,8,11,13H2,1H3,(H,22,23). The molecule has 26 heavy (non-hydrogen) atoms. The van der Waals surface area contributed by atoms with Crippen LogP contribution in [0.15, 0.2) is 40.8 Å². The molecule has 1 unspecified atom stereocenters. The number of carboxylic acids is 1. The van der Waals surface area contributed by atoms with Gasteiger partial charge in [-0.15, -0.1) is 0 Å². The van der Waals surface area contributed by atoms with E-state index in [1.807, 2.05) is 24.0 Å². The van der Waals surface area contributed by atoms with E-state index < -0.39 is 12.6 Å². The second-order valence-electron chi connectivity index (χ2n) is 6.52. The number of hydrogen-bond acceptors (Lipinski definition) is 4. The molecule has 6 nitrogen and oxygen atoms in total. The third-order valence-electron chi connectivity index (χ3n) is 4.55. The van der Waals surface area contributed by atoms with Crippen molar-refractivity contribution in [1.82, 2.24) is 4.90 Å². The number of carbonyl (C=O) groups is 2. The van der Waals surface area contributed by atoms with Crippen molar-refractivity contribution >= 4 is 11.9 Å². The maximum Gasteiger partial charge on any atom is 0.341 e. The number of rotatable bonds is 5. The van der Waals surface area contributed by atoms with Crippen molar-refractivity contribution in [3.8, 4) is 5.75 Å². The topological polar surface area (TPSA) is 80.0 Å². The monoisotopic (exact) mass is 357 g/mol. The second kappa shape index (κ2) is 8.08. The first kappa shape index (κ1) is 18.0. The van der Waals surface area contributed by atoms with Crippen LogP contribution < -0.4 is 4.74 Å². The number of carbonyl (C=O) groups excluding carboxylic acids is 1. The lowest BCUT2D eigenvalue weighted by Crippen LogP contribution is -2.34. The molecule has 0 spiro atoms. The van der Waals surface area contributed by atoms with Crippen LogP contribution in [0.2, 0.25) is 0 Å². The molecule has 1 fully saturated rings. The first-order valence-corrected chi connectivity index (χ1v) is 8.86. The summed E-state index contributed by atoms with van der Waals surface area (Å²) in [6.45, 7) is 2.13. The molecular formula is C20H23NO5. The van der Waals surface area contributed by atoms with Crippen molar-refractivity contribution in [3.05, 3.63) is 53.5 Å². The zero-order chi connectivity index (χ0) is 18.5. The highest BCUT2D eigenvalue weighted by Crippen LogP contribution is 2.32. The van der Waals surface area contributed by atoms with E-state index in [9.17, 15) is 9.59 Å². The van der Waals surface area contributed by atoms with E-state index in [2.05, 4.69) is 0 Å². The van der Waals surface area contributed by atoms with Crippen LogP contribution in [-0.2, 0) is 4.79 Å². The van der Waals surface area contributed by atoms with Crippen LogP contribution in [-0.4, -0.2) is 35.0 Å². The van der Waals surface area contributed by atoms with E-state index in [1.54, 1.807) is 24.3 Å². The molecule has 0 saturated carbocycles. The molecule has 1 N–H and O–H groups in total. The van der Waals surface area contributed by atoms with Crippen LogP contribution in [0.4, 0.5) is 0 Å². The molecule has 0 bridgehead atoms. The number of carboxylic acid groups (broad SMARTS) is 1. The number of likely N-dealkylation sites (tertiary alicyclic amines) is 1. The fourth-order valence-corrected chi connectivity index (χ4v) is 3.31. The summed E-state index contributed by atoms with van der Waals surface area (Å²) in [5.74, 6) is 0.879. The number of benzene rings is 1. The van der Waals surface area contributed by atoms with E-state index in [-0.39, 0.29) is 11.9 Å². The quantitative estimate of drug-likeness (QED) is 0.880. The van der Waals surface area contributed by atoms with Gasteiger partial charge in [0.25, 0.3) is 5.91 Å². The highest BCUT2D eigenvalue weighted by Gasteiger charge is 2.29. The van der Waals surface area contributed by atoms with Gasteiger partial charge in [0.1, 0.15) is 17.3 Å². The first-order chi connectivity index (χ1) is 12.5. The molecule has 2 aromatic rings. The Morgan fingerprint density at radius 1 is 1.23 bits per heavy atom. The summed E-state index contributed by atoms with van der Waals surface area (Å²) in [5.41, 5.74) is 0.489. The highest BCUT2D eigenvalue weighted by atomic mass is 16.5. The maximum absolute atomic E-state index is 13.1. The molecule has 1 aliphatic rings. The Bertz CT molecular complexity index is 782.